The second kappa shape index (κ2) is 12.7. The molecule has 40 heavy (non-hydrogen) atoms. The average molecular weight is 553 g/mol. The Morgan fingerprint density at radius 2 is 1.85 bits per heavy atom. The van der Waals surface area contributed by atoms with Crippen LogP contribution in [0.3, 0.4) is 0 Å². The molecule has 1 N–H and O–H groups in total. The molecule has 0 spiro atoms. The van der Waals surface area contributed by atoms with Gasteiger partial charge in [0.2, 0.25) is 0 Å². The summed E-state index contributed by atoms with van der Waals surface area (Å²) in [5.41, 5.74) is 0.995. The number of ether oxygens (including phenoxy) is 6. The zero-order chi connectivity index (χ0) is 28.9. The number of hydrogen-bond donors (Lipinski definition) is 1. The topological polar surface area (TPSA) is 110 Å². The van der Waals surface area contributed by atoms with E-state index >= 15 is 0 Å². The summed E-state index contributed by atoms with van der Waals surface area (Å²) < 4.78 is 34.8. The van der Waals surface area contributed by atoms with Gasteiger partial charge < -0.3 is 33.5 Å². The minimum atomic E-state index is -0.919. The van der Waals surface area contributed by atoms with E-state index in [-0.39, 0.29) is 29.8 Å². The predicted octanol–water partition coefficient (Wildman–Crippen LogP) is 5.28. The number of fused-ring (bicyclic) bond motifs is 2. The molecule has 214 valence electrons. The van der Waals surface area contributed by atoms with E-state index in [4.69, 9.17) is 28.4 Å². The summed E-state index contributed by atoms with van der Waals surface area (Å²) in [5, 5.41) is 10.3. The van der Waals surface area contributed by atoms with Crippen LogP contribution in [0.4, 0.5) is 0 Å². The van der Waals surface area contributed by atoms with Crippen LogP contribution in [0.1, 0.15) is 60.4 Å². The minimum absolute atomic E-state index is 0.0832. The van der Waals surface area contributed by atoms with E-state index in [0.717, 1.165) is 0 Å². The van der Waals surface area contributed by atoms with Crippen molar-refractivity contribution in [2.24, 2.45) is 5.92 Å². The zero-order valence-electron chi connectivity index (χ0n) is 23.4. The highest BCUT2D eigenvalue weighted by molar-refractivity contribution is 5.97. The number of carbonyl (C=O) groups excluding carboxylic acids is 2. The minimum Gasteiger partial charge on any atom is -0.508 e. The molecule has 5 atom stereocenters. The van der Waals surface area contributed by atoms with Crippen LogP contribution in [0.25, 0.3) is 6.08 Å². The molecule has 1 fully saturated rings. The first-order valence-electron chi connectivity index (χ1n) is 13.2. The highest BCUT2D eigenvalue weighted by Gasteiger charge is 2.45. The second-order valence-corrected chi connectivity index (χ2v) is 10.3. The van der Waals surface area contributed by atoms with Gasteiger partial charge >= 0.3 is 11.9 Å². The van der Waals surface area contributed by atoms with Crippen molar-refractivity contribution in [3.8, 4) is 11.5 Å². The lowest BCUT2D eigenvalue weighted by Crippen LogP contribution is -2.37. The molecule has 2 aliphatic heterocycles. The van der Waals surface area contributed by atoms with Crippen molar-refractivity contribution in [1.29, 1.82) is 0 Å². The van der Waals surface area contributed by atoms with Gasteiger partial charge in [-0.3, -0.25) is 0 Å². The number of methoxy groups -OCH3 is 1. The van der Waals surface area contributed by atoms with Crippen LogP contribution in [0, 0.1) is 5.92 Å². The Morgan fingerprint density at radius 3 is 2.58 bits per heavy atom. The van der Waals surface area contributed by atoms with Crippen molar-refractivity contribution in [1.82, 2.24) is 0 Å². The van der Waals surface area contributed by atoms with Crippen molar-refractivity contribution in [2.45, 2.75) is 64.3 Å². The molecule has 2 aliphatic rings. The lowest BCUT2D eigenvalue weighted by Gasteiger charge is -2.25. The number of phenols is 1. The smallest absolute Gasteiger partial charge is 0.342 e. The third-order valence-electron chi connectivity index (χ3n) is 6.76. The molecule has 0 radical (unpaired) electrons. The largest absolute Gasteiger partial charge is 0.508 e. The van der Waals surface area contributed by atoms with Gasteiger partial charge in [-0.1, -0.05) is 43.4 Å². The first-order chi connectivity index (χ1) is 19.1. The van der Waals surface area contributed by atoms with Gasteiger partial charge in [0.25, 0.3) is 0 Å². The fraction of sp³-hybridized carbons (Fsp3) is 0.419. The molecule has 9 nitrogen and oxygen atoms in total. The van der Waals surface area contributed by atoms with Gasteiger partial charge in [0, 0.05) is 19.1 Å². The van der Waals surface area contributed by atoms with Crippen LogP contribution in [-0.2, 0) is 23.7 Å². The average Bonchev–Trinajstić information content (AvgIpc) is 3.22. The molecule has 1 saturated heterocycles. The van der Waals surface area contributed by atoms with E-state index in [1.165, 1.54) is 19.2 Å². The van der Waals surface area contributed by atoms with E-state index < -0.39 is 42.1 Å². The highest BCUT2D eigenvalue weighted by atomic mass is 16.8. The lowest BCUT2D eigenvalue weighted by molar-refractivity contribution is -0.152. The Morgan fingerprint density at radius 1 is 1.10 bits per heavy atom. The fourth-order valence-corrected chi connectivity index (χ4v) is 4.62. The third kappa shape index (κ3) is 7.10. The van der Waals surface area contributed by atoms with E-state index in [0.29, 0.717) is 17.5 Å². The fourth-order valence-electron chi connectivity index (χ4n) is 4.62. The summed E-state index contributed by atoms with van der Waals surface area (Å²) in [4.78, 5) is 26.4. The van der Waals surface area contributed by atoms with Gasteiger partial charge in [-0.15, -0.1) is 0 Å². The predicted molar refractivity (Wildman–Crippen MR) is 147 cm³/mol. The molecule has 9 heteroatoms. The maximum atomic E-state index is 13.4. The van der Waals surface area contributed by atoms with Gasteiger partial charge in [0.15, 0.2) is 12.6 Å². The van der Waals surface area contributed by atoms with Gasteiger partial charge in [-0.2, -0.15) is 0 Å². The Bertz CT molecular complexity index is 1250. The molecule has 0 bridgehead atoms. The van der Waals surface area contributed by atoms with E-state index in [2.05, 4.69) is 0 Å². The van der Waals surface area contributed by atoms with Gasteiger partial charge in [-0.25, -0.2) is 9.59 Å². The number of esters is 2. The molecule has 0 saturated carbocycles. The van der Waals surface area contributed by atoms with Crippen molar-refractivity contribution >= 4 is 18.0 Å². The number of rotatable bonds is 5. The van der Waals surface area contributed by atoms with E-state index in [1.807, 2.05) is 39.0 Å². The summed E-state index contributed by atoms with van der Waals surface area (Å²) >= 11 is 0. The van der Waals surface area contributed by atoms with Gasteiger partial charge in [0.1, 0.15) is 35.4 Å². The molecular formula is C31H36O9. The Hall–Kier alpha value is -3.66. The van der Waals surface area contributed by atoms with E-state index in [1.54, 1.807) is 43.3 Å². The molecule has 2 heterocycles. The van der Waals surface area contributed by atoms with Crippen LogP contribution in [0.15, 0.2) is 60.7 Å². The molecule has 0 aliphatic carbocycles. The quantitative estimate of drug-likeness (QED) is 0.301. The molecule has 2 aromatic rings. The van der Waals surface area contributed by atoms with Crippen LogP contribution >= 0.6 is 0 Å². The molecule has 0 aromatic heterocycles. The summed E-state index contributed by atoms with van der Waals surface area (Å²) in [6.45, 7) is 7.16. The van der Waals surface area contributed by atoms with Crippen LogP contribution in [0.2, 0.25) is 0 Å². The Labute approximate surface area is 234 Å². The summed E-state index contributed by atoms with van der Waals surface area (Å²) in [6.07, 6.45) is 5.08. The summed E-state index contributed by atoms with van der Waals surface area (Å²) in [6, 6.07) is 11.6. The molecular weight excluding hydrogens is 516 g/mol. The zero-order valence-corrected chi connectivity index (χ0v) is 23.4. The summed E-state index contributed by atoms with van der Waals surface area (Å²) in [5.74, 6) is -2.21. The van der Waals surface area contributed by atoms with Crippen LogP contribution in [0.5, 0.6) is 11.5 Å². The molecule has 0 amide bonds. The number of cyclic esters (lactones) is 1. The number of phenolic OH excluding ortho intramolecular Hbond substituents is 1. The van der Waals surface area contributed by atoms with E-state index in [9.17, 15) is 14.7 Å². The standard InChI is InChI=1S/C31H36O9/c1-19-14-15-24(38-29(33)21-10-7-6-8-11-21)28-25(39-31(3,4)40-28)13-9-12-22-16-23(32)17-26(36-18-35-5)27(22)30(34)37-20(19)2/h6-12,14-17,19-20,24-25,28,32H,13,18H2,1-5H3/b12-9+,15-14-/t19-,20?,24?,25+,28-/m1/s1. The molecule has 4 rings (SSSR count). The third-order valence-corrected chi connectivity index (χ3v) is 6.76. The first kappa shape index (κ1) is 29.3. The van der Waals surface area contributed by atoms with Gasteiger partial charge in [0.05, 0.1) is 11.7 Å². The lowest BCUT2D eigenvalue weighted by atomic mass is 9.98. The van der Waals surface area contributed by atoms with Crippen molar-refractivity contribution in [2.75, 3.05) is 13.9 Å². The maximum absolute atomic E-state index is 13.4. The Kier molecular flexibility index (Phi) is 9.29. The van der Waals surface area contributed by atoms with Crippen molar-refractivity contribution in [3.63, 3.8) is 0 Å². The number of hydrogen-bond acceptors (Lipinski definition) is 9. The SMILES string of the molecule is COCOc1cc(O)cc2c1C(=O)OC(C)[C@H](C)/C=C\C(OC(=O)c1ccccc1)[C@H]1OC(C)(C)O[C@H]1C/C=C/2. The van der Waals surface area contributed by atoms with Crippen molar-refractivity contribution < 1.29 is 43.1 Å². The maximum Gasteiger partial charge on any atom is 0.342 e. The normalized spacial score (nSPS) is 27.8. The Balaban J connectivity index is 1.73. The number of aromatic hydroxyl groups is 1. The monoisotopic (exact) mass is 552 g/mol. The molecule has 2 aromatic carbocycles. The molecule has 2 unspecified atom stereocenters. The summed E-state index contributed by atoms with van der Waals surface area (Å²) in [7, 11) is 1.46. The van der Waals surface area contributed by atoms with Crippen LogP contribution in [-0.4, -0.2) is 61.2 Å². The van der Waals surface area contributed by atoms with Crippen molar-refractivity contribution in [3.05, 3.63) is 77.4 Å². The van der Waals surface area contributed by atoms with Crippen LogP contribution < -0.4 is 4.74 Å². The number of benzene rings is 2. The first-order valence-corrected chi connectivity index (χ1v) is 13.2. The van der Waals surface area contributed by atoms with Gasteiger partial charge in [-0.05, 0) is 57.0 Å². The number of carbonyl (C=O) groups is 2. The second-order valence-electron chi connectivity index (χ2n) is 10.3. The highest BCUT2D eigenvalue weighted by Crippen LogP contribution is 2.35.